The van der Waals surface area contributed by atoms with E-state index in [1.807, 2.05) is 12.1 Å². The smallest absolute Gasteiger partial charge is 0.241 e. The Balaban J connectivity index is 0.00000208. The molecule has 24 heavy (non-hydrogen) atoms. The van der Waals surface area contributed by atoms with Gasteiger partial charge >= 0.3 is 0 Å². The van der Waals surface area contributed by atoms with E-state index in [0.717, 1.165) is 0 Å². The fourth-order valence-electron chi connectivity index (χ4n) is 2.75. The summed E-state index contributed by atoms with van der Waals surface area (Å²) in [5, 5.41) is 6.21. The highest BCUT2D eigenvalue weighted by Gasteiger charge is 2.24. The fraction of sp³-hybridized carbons (Fsp3) is 0.278. The van der Waals surface area contributed by atoms with Gasteiger partial charge in [-0.1, -0.05) is 24.3 Å². The van der Waals surface area contributed by atoms with Crippen molar-refractivity contribution < 1.29 is 14.3 Å². The van der Waals surface area contributed by atoms with Gasteiger partial charge in [0.25, 0.3) is 0 Å². The van der Waals surface area contributed by atoms with Crippen molar-refractivity contribution in [2.45, 2.75) is 19.0 Å². The van der Waals surface area contributed by atoms with Crippen LogP contribution >= 0.6 is 12.4 Å². The molecule has 1 aliphatic rings. The van der Waals surface area contributed by atoms with E-state index < -0.39 is 0 Å². The van der Waals surface area contributed by atoms with Crippen LogP contribution in [0.5, 0.6) is 11.5 Å². The molecule has 0 spiro atoms. The van der Waals surface area contributed by atoms with Gasteiger partial charge in [0.05, 0.1) is 20.3 Å². The SMILES string of the molecule is COc1cc(NC(=O)C2Cc3ccccc3CN2)cc(OC)c1.Cl. The van der Waals surface area contributed by atoms with E-state index in [4.69, 9.17) is 9.47 Å². The summed E-state index contributed by atoms with van der Waals surface area (Å²) in [7, 11) is 3.17. The third-order valence-electron chi connectivity index (χ3n) is 4.02. The third kappa shape index (κ3) is 3.99. The number of carbonyl (C=O) groups is 1. The zero-order valence-electron chi connectivity index (χ0n) is 13.7. The van der Waals surface area contributed by atoms with Gasteiger partial charge in [0, 0.05) is 30.4 Å². The molecule has 0 saturated carbocycles. The normalized spacial score (nSPS) is 15.7. The lowest BCUT2D eigenvalue weighted by molar-refractivity contribution is -0.118. The minimum absolute atomic E-state index is 0. The first-order valence-electron chi connectivity index (χ1n) is 7.53. The Morgan fingerprint density at radius 3 is 2.33 bits per heavy atom. The summed E-state index contributed by atoms with van der Waals surface area (Å²) >= 11 is 0. The van der Waals surface area contributed by atoms with E-state index in [1.54, 1.807) is 32.4 Å². The Hall–Kier alpha value is -2.24. The second-order valence-corrected chi connectivity index (χ2v) is 5.50. The Morgan fingerprint density at radius 2 is 1.71 bits per heavy atom. The Kier molecular flexibility index (Phi) is 6.06. The van der Waals surface area contributed by atoms with Crippen molar-refractivity contribution in [1.82, 2.24) is 5.32 Å². The molecule has 1 unspecified atom stereocenters. The van der Waals surface area contributed by atoms with Crippen LogP contribution in [0.4, 0.5) is 5.69 Å². The van der Waals surface area contributed by atoms with E-state index in [2.05, 4.69) is 22.8 Å². The first-order chi connectivity index (χ1) is 11.2. The second-order valence-electron chi connectivity index (χ2n) is 5.50. The summed E-state index contributed by atoms with van der Waals surface area (Å²) in [6.07, 6.45) is 0.684. The van der Waals surface area contributed by atoms with Crippen LogP contribution in [0.15, 0.2) is 42.5 Å². The highest BCUT2D eigenvalue weighted by molar-refractivity contribution is 5.95. The Labute approximate surface area is 147 Å². The molecule has 2 aromatic rings. The lowest BCUT2D eigenvalue weighted by Crippen LogP contribution is -2.44. The summed E-state index contributed by atoms with van der Waals surface area (Å²) in [6.45, 7) is 0.704. The van der Waals surface area contributed by atoms with Crippen LogP contribution in [0.25, 0.3) is 0 Å². The number of methoxy groups -OCH3 is 2. The molecule has 0 aliphatic carbocycles. The number of hydrogen-bond acceptors (Lipinski definition) is 4. The third-order valence-corrected chi connectivity index (χ3v) is 4.02. The zero-order chi connectivity index (χ0) is 16.2. The van der Waals surface area contributed by atoms with Crippen LogP contribution in [0, 0.1) is 0 Å². The van der Waals surface area contributed by atoms with E-state index in [0.29, 0.717) is 30.2 Å². The predicted octanol–water partition coefficient (Wildman–Crippen LogP) is 2.78. The van der Waals surface area contributed by atoms with E-state index >= 15 is 0 Å². The molecular weight excluding hydrogens is 328 g/mol. The monoisotopic (exact) mass is 348 g/mol. The molecular formula is C18H21ClN2O3. The Morgan fingerprint density at radius 1 is 1.08 bits per heavy atom. The number of carbonyl (C=O) groups excluding carboxylic acids is 1. The van der Waals surface area contributed by atoms with Crippen LogP contribution in [-0.2, 0) is 17.8 Å². The topological polar surface area (TPSA) is 59.6 Å². The molecule has 1 amide bonds. The number of hydrogen-bond donors (Lipinski definition) is 2. The van der Waals surface area contributed by atoms with Crippen molar-refractivity contribution in [3.63, 3.8) is 0 Å². The van der Waals surface area contributed by atoms with Crippen LogP contribution < -0.4 is 20.1 Å². The maximum absolute atomic E-state index is 12.5. The first kappa shape index (κ1) is 18.1. The molecule has 0 fully saturated rings. The van der Waals surface area contributed by atoms with E-state index in [-0.39, 0.29) is 24.4 Å². The fourth-order valence-corrected chi connectivity index (χ4v) is 2.75. The van der Waals surface area contributed by atoms with Crippen LogP contribution in [-0.4, -0.2) is 26.2 Å². The van der Waals surface area contributed by atoms with Crippen molar-refractivity contribution >= 4 is 24.0 Å². The number of nitrogens with one attached hydrogen (secondary N) is 2. The molecule has 2 N–H and O–H groups in total. The molecule has 0 radical (unpaired) electrons. The second kappa shape index (κ2) is 8.04. The number of amides is 1. The molecule has 0 bridgehead atoms. The van der Waals surface area contributed by atoms with Crippen LogP contribution in [0.3, 0.4) is 0 Å². The van der Waals surface area contributed by atoms with Gasteiger partial charge in [-0.25, -0.2) is 0 Å². The summed E-state index contributed by atoms with van der Waals surface area (Å²) in [5.41, 5.74) is 3.13. The van der Waals surface area contributed by atoms with E-state index in [1.165, 1.54) is 11.1 Å². The van der Waals surface area contributed by atoms with Gasteiger partial charge in [-0.3, -0.25) is 4.79 Å². The van der Waals surface area contributed by atoms with Gasteiger partial charge in [-0.15, -0.1) is 12.4 Å². The highest BCUT2D eigenvalue weighted by Crippen LogP contribution is 2.26. The van der Waals surface area contributed by atoms with Gasteiger partial charge in [0.2, 0.25) is 5.91 Å². The molecule has 0 saturated heterocycles. The molecule has 128 valence electrons. The van der Waals surface area contributed by atoms with Gasteiger partial charge in [-0.05, 0) is 17.5 Å². The quantitative estimate of drug-likeness (QED) is 0.892. The van der Waals surface area contributed by atoms with Crippen molar-refractivity contribution in [1.29, 1.82) is 0 Å². The van der Waals surface area contributed by atoms with Gasteiger partial charge < -0.3 is 20.1 Å². The number of benzene rings is 2. The summed E-state index contributed by atoms with van der Waals surface area (Å²) in [5.74, 6) is 1.22. The first-order valence-corrected chi connectivity index (χ1v) is 7.53. The maximum Gasteiger partial charge on any atom is 0.241 e. The number of halogens is 1. The predicted molar refractivity (Wildman–Crippen MR) is 96.2 cm³/mol. The number of anilines is 1. The van der Waals surface area contributed by atoms with Crippen molar-refractivity contribution in [3.8, 4) is 11.5 Å². The average Bonchev–Trinajstić information content (AvgIpc) is 2.60. The molecule has 1 heterocycles. The van der Waals surface area contributed by atoms with Crippen molar-refractivity contribution in [2.75, 3.05) is 19.5 Å². The Bertz CT molecular complexity index is 699. The molecule has 1 atom stereocenters. The highest BCUT2D eigenvalue weighted by atomic mass is 35.5. The number of ether oxygens (including phenoxy) is 2. The summed E-state index contributed by atoms with van der Waals surface area (Å²) in [4.78, 5) is 12.5. The van der Waals surface area contributed by atoms with Crippen molar-refractivity contribution in [2.24, 2.45) is 0 Å². The zero-order valence-corrected chi connectivity index (χ0v) is 14.5. The van der Waals surface area contributed by atoms with Gasteiger partial charge in [-0.2, -0.15) is 0 Å². The average molecular weight is 349 g/mol. The molecule has 5 nitrogen and oxygen atoms in total. The minimum Gasteiger partial charge on any atom is -0.497 e. The number of fused-ring (bicyclic) bond motifs is 1. The van der Waals surface area contributed by atoms with Crippen LogP contribution in [0.1, 0.15) is 11.1 Å². The lowest BCUT2D eigenvalue weighted by atomic mass is 9.95. The lowest BCUT2D eigenvalue weighted by Gasteiger charge is -2.25. The standard InChI is InChI=1S/C18H20N2O3.ClH/c1-22-15-8-14(9-16(10-15)23-2)20-18(21)17-7-12-5-3-4-6-13(12)11-19-17;/h3-6,8-10,17,19H,7,11H2,1-2H3,(H,20,21);1H. The molecule has 3 rings (SSSR count). The largest absolute Gasteiger partial charge is 0.497 e. The minimum atomic E-state index is -0.248. The molecule has 2 aromatic carbocycles. The summed E-state index contributed by atoms with van der Waals surface area (Å²) in [6, 6.07) is 13.3. The summed E-state index contributed by atoms with van der Waals surface area (Å²) < 4.78 is 10.4. The van der Waals surface area contributed by atoms with E-state index in [9.17, 15) is 4.79 Å². The van der Waals surface area contributed by atoms with Gasteiger partial charge in [0.15, 0.2) is 0 Å². The maximum atomic E-state index is 12.5. The molecule has 0 aromatic heterocycles. The van der Waals surface area contributed by atoms with Crippen LogP contribution in [0.2, 0.25) is 0 Å². The molecule has 6 heteroatoms. The van der Waals surface area contributed by atoms with Gasteiger partial charge in [0.1, 0.15) is 11.5 Å². The van der Waals surface area contributed by atoms with Crippen molar-refractivity contribution in [3.05, 3.63) is 53.6 Å². The molecule has 1 aliphatic heterocycles. The number of rotatable bonds is 4.